The third kappa shape index (κ3) is 1.78. The Bertz CT molecular complexity index is 297. The molecular formula is C7H5Cl2O4-. The zero-order valence-corrected chi connectivity index (χ0v) is 8.06. The highest BCUT2D eigenvalue weighted by Crippen LogP contribution is 2.29. The highest BCUT2D eigenvalue weighted by Gasteiger charge is 2.36. The van der Waals surface area contributed by atoms with Gasteiger partial charge in [0.05, 0.1) is 16.6 Å². The predicted molar refractivity (Wildman–Crippen MR) is 43.1 cm³/mol. The smallest absolute Gasteiger partial charge is 0.335 e. The van der Waals surface area contributed by atoms with Crippen LogP contribution >= 0.6 is 23.2 Å². The molecule has 0 aliphatic carbocycles. The molecule has 1 rings (SSSR count). The van der Waals surface area contributed by atoms with Crippen molar-refractivity contribution in [3.05, 3.63) is 10.6 Å². The van der Waals surface area contributed by atoms with E-state index in [-0.39, 0.29) is 10.6 Å². The molecule has 0 fully saturated rings. The summed E-state index contributed by atoms with van der Waals surface area (Å²) < 4.78 is 4.61. The second-order valence-electron chi connectivity index (χ2n) is 2.52. The third-order valence-corrected chi connectivity index (χ3v) is 2.54. The average Bonchev–Trinajstić information content (AvgIpc) is 2.31. The summed E-state index contributed by atoms with van der Waals surface area (Å²) in [5.41, 5.74) is 0.179. The topological polar surface area (TPSA) is 66.4 Å². The minimum Gasteiger partial charge on any atom is -0.548 e. The van der Waals surface area contributed by atoms with Crippen molar-refractivity contribution in [2.75, 3.05) is 0 Å². The lowest BCUT2D eigenvalue weighted by Gasteiger charge is -2.17. The van der Waals surface area contributed by atoms with Crippen molar-refractivity contribution in [2.24, 2.45) is 0 Å². The van der Waals surface area contributed by atoms with Gasteiger partial charge in [0.25, 0.3) is 0 Å². The molecule has 0 radical (unpaired) electrons. The fraction of sp³-hybridized carbons (Fsp3) is 0.429. The molecule has 1 heterocycles. The lowest BCUT2D eigenvalue weighted by Crippen LogP contribution is -2.40. The summed E-state index contributed by atoms with van der Waals surface area (Å²) in [4.78, 5) is 21.2. The molecule has 0 N–H and O–H groups in total. The number of esters is 1. The Morgan fingerprint density at radius 2 is 2.23 bits per heavy atom. The van der Waals surface area contributed by atoms with Crippen LogP contribution < -0.4 is 5.11 Å². The highest BCUT2D eigenvalue weighted by molar-refractivity contribution is 6.36. The minimum atomic E-state index is -1.52. The van der Waals surface area contributed by atoms with Crippen LogP contribution in [0.2, 0.25) is 0 Å². The molecule has 0 aromatic carbocycles. The molecule has 0 saturated carbocycles. The number of carboxylic acid groups (broad SMARTS) is 1. The number of rotatable bonds is 2. The first-order chi connectivity index (χ1) is 5.95. The van der Waals surface area contributed by atoms with E-state index in [9.17, 15) is 14.7 Å². The van der Waals surface area contributed by atoms with Gasteiger partial charge in [-0.05, 0) is 6.92 Å². The second kappa shape index (κ2) is 3.55. The maximum atomic E-state index is 10.9. The largest absolute Gasteiger partial charge is 0.548 e. The molecule has 0 spiro atoms. The molecule has 0 saturated heterocycles. The van der Waals surface area contributed by atoms with Crippen molar-refractivity contribution in [1.82, 2.24) is 0 Å². The third-order valence-electron chi connectivity index (χ3n) is 1.64. The number of aliphatic carboxylic acids is 1. The van der Waals surface area contributed by atoms with Gasteiger partial charge in [-0.2, -0.15) is 0 Å². The molecule has 2 unspecified atom stereocenters. The van der Waals surface area contributed by atoms with Crippen molar-refractivity contribution in [3.8, 4) is 0 Å². The fourth-order valence-electron chi connectivity index (χ4n) is 0.878. The molecule has 0 aromatic heterocycles. The van der Waals surface area contributed by atoms with Gasteiger partial charge in [-0.1, -0.05) is 11.6 Å². The SMILES string of the molecule is CC1=C(Cl)C(C(Cl)C(=O)[O-])OC1=O. The highest BCUT2D eigenvalue weighted by atomic mass is 35.5. The Hall–Kier alpha value is -0.740. The number of halogens is 2. The van der Waals surface area contributed by atoms with E-state index in [2.05, 4.69) is 4.74 Å². The zero-order valence-electron chi connectivity index (χ0n) is 6.54. The van der Waals surface area contributed by atoms with Gasteiger partial charge in [-0.25, -0.2) is 4.79 Å². The molecule has 0 amide bonds. The van der Waals surface area contributed by atoms with E-state index in [4.69, 9.17) is 23.2 Å². The van der Waals surface area contributed by atoms with Crippen molar-refractivity contribution in [3.63, 3.8) is 0 Å². The first-order valence-electron chi connectivity index (χ1n) is 3.37. The van der Waals surface area contributed by atoms with Crippen LogP contribution in [0, 0.1) is 0 Å². The maximum Gasteiger partial charge on any atom is 0.335 e. The second-order valence-corrected chi connectivity index (χ2v) is 3.40. The summed E-state index contributed by atoms with van der Waals surface area (Å²) in [5.74, 6) is -2.17. The summed E-state index contributed by atoms with van der Waals surface area (Å²) in [5, 5.41) is 8.90. The Kier molecular flexibility index (Phi) is 2.83. The molecule has 1 aliphatic heterocycles. The van der Waals surface area contributed by atoms with Gasteiger partial charge in [-0.3, -0.25) is 0 Å². The monoisotopic (exact) mass is 223 g/mol. The molecule has 0 bridgehead atoms. The van der Waals surface area contributed by atoms with E-state index in [0.29, 0.717) is 0 Å². The van der Waals surface area contributed by atoms with Gasteiger partial charge in [-0.15, -0.1) is 11.6 Å². The van der Waals surface area contributed by atoms with E-state index in [1.807, 2.05) is 0 Å². The number of cyclic esters (lactones) is 1. The van der Waals surface area contributed by atoms with E-state index in [0.717, 1.165) is 0 Å². The molecule has 72 valence electrons. The number of carbonyl (C=O) groups excluding carboxylic acids is 2. The average molecular weight is 224 g/mol. The number of carboxylic acids is 1. The Labute approximate surface area is 84.1 Å². The van der Waals surface area contributed by atoms with Gasteiger partial charge < -0.3 is 14.6 Å². The van der Waals surface area contributed by atoms with Gasteiger partial charge in [0, 0.05) is 0 Å². The Morgan fingerprint density at radius 3 is 2.54 bits per heavy atom. The van der Waals surface area contributed by atoms with Crippen LogP contribution in [-0.2, 0) is 14.3 Å². The van der Waals surface area contributed by atoms with Crippen molar-refractivity contribution < 1.29 is 19.4 Å². The number of hydrogen-bond donors (Lipinski definition) is 0. The summed E-state index contributed by atoms with van der Waals surface area (Å²) in [6.07, 6.45) is -1.12. The number of carbonyl (C=O) groups is 2. The molecular weight excluding hydrogens is 219 g/mol. The van der Waals surface area contributed by atoms with Gasteiger partial charge >= 0.3 is 5.97 Å². The van der Waals surface area contributed by atoms with Crippen LogP contribution in [0.1, 0.15) is 6.92 Å². The summed E-state index contributed by atoms with van der Waals surface area (Å²) >= 11 is 11.0. The van der Waals surface area contributed by atoms with Crippen molar-refractivity contribution in [2.45, 2.75) is 18.4 Å². The lowest BCUT2D eigenvalue weighted by atomic mass is 10.2. The minimum absolute atomic E-state index is 0.0224. The molecule has 4 nitrogen and oxygen atoms in total. The van der Waals surface area contributed by atoms with E-state index >= 15 is 0 Å². The first-order valence-corrected chi connectivity index (χ1v) is 4.18. The van der Waals surface area contributed by atoms with Gasteiger partial charge in [0.15, 0.2) is 6.10 Å². The number of hydrogen-bond acceptors (Lipinski definition) is 4. The van der Waals surface area contributed by atoms with Gasteiger partial charge in [0.1, 0.15) is 5.38 Å². The molecule has 2 atom stereocenters. The van der Waals surface area contributed by atoms with E-state index in [1.165, 1.54) is 6.92 Å². The quantitative estimate of drug-likeness (QED) is 0.480. The van der Waals surface area contributed by atoms with Crippen LogP contribution in [-0.4, -0.2) is 23.4 Å². The summed E-state index contributed by atoms with van der Waals surface area (Å²) in [7, 11) is 0. The van der Waals surface area contributed by atoms with Crippen LogP contribution in [0.3, 0.4) is 0 Å². The standard InChI is InChI=1S/C7H6Cl2O4/c1-2-3(8)5(13-7(2)12)4(9)6(10)11/h4-5H,1H3,(H,10,11)/p-1. The first kappa shape index (κ1) is 10.3. The maximum absolute atomic E-state index is 10.9. The predicted octanol–water partition coefficient (Wildman–Crippen LogP) is -0.218. The zero-order chi connectivity index (χ0) is 10.2. The number of ether oxygens (including phenoxy) is 1. The Morgan fingerprint density at radius 1 is 1.69 bits per heavy atom. The van der Waals surface area contributed by atoms with Crippen molar-refractivity contribution >= 4 is 35.1 Å². The van der Waals surface area contributed by atoms with Crippen LogP contribution in [0.15, 0.2) is 10.6 Å². The Balaban J connectivity index is 2.88. The van der Waals surface area contributed by atoms with E-state index < -0.39 is 23.4 Å². The van der Waals surface area contributed by atoms with E-state index in [1.54, 1.807) is 0 Å². The molecule has 6 heteroatoms. The van der Waals surface area contributed by atoms with Crippen LogP contribution in [0.4, 0.5) is 0 Å². The van der Waals surface area contributed by atoms with Crippen molar-refractivity contribution in [1.29, 1.82) is 0 Å². The molecule has 0 aromatic rings. The van der Waals surface area contributed by atoms with Crippen LogP contribution in [0.25, 0.3) is 0 Å². The summed E-state index contributed by atoms with van der Waals surface area (Å²) in [6.45, 7) is 1.43. The summed E-state index contributed by atoms with van der Waals surface area (Å²) in [6, 6.07) is 0. The fourth-order valence-corrected chi connectivity index (χ4v) is 1.37. The lowest BCUT2D eigenvalue weighted by molar-refractivity contribution is -0.306. The normalized spacial score (nSPS) is 24.5. The van der Waals surface area contributed by atoms with Crippen LogP contribution in [0.5, 0.6) is 0 Å². The number of alkyl halides is 1. The molecule has 1 aliphatic rings. The van der Waals surface area contributed by atoms with Gasteiger partial charge in [0.2, 0.25) is 0 Å². The molecule has 13 heavy (non-hydrogen) atoms.